The number of aryl methyl sites for hydroxylation is 1. The van der Waals surface area contributed by atoms with Crippen molar-refractivity contribution in [1.29, 1.82) is 0 Å². The molecule has 1 unspecified atom stereocenters. The maximum Gasteiger partial charge on any atom is 0.339 e. The minimum atomic E-state index is -0.332. The fourth-order valence-electron chi connectivity index (χ4n) is 2.46. The van der Waals surface area contributed by atoms with Gasteiger partial charge in [0.25, 0.3) is 0 Å². The van der Waals surface area contributed by atoms with Gasteiger partial charge in [-0.05, 0) is 38.0 Å². The van der Waals surface area contributed by atoms with E-state index in [0.717, 1.165) is 22.1 Å². The molecule has 4 heteroatoms. The highest BCUT2D eigenvalue weighted by molar-refractivity contribution is 5.99. The summed E-state index contributed by atoms with van der Waals surface area (Å²) in [7, 11) is 0. The lowest BCUT2D eigenvalue weighted by Crippen LogP contribution is -2.01. The Balaban J connectivity index is 2.03. The van der Waals surface area contributed by atoms with E-state index in [2.05, 4.69) is 0 Å². The first-order chi connectivity index (χ1) is 9.06. The number of carbonyl (C=O) groups is 2. The Morgan fingerprint density at radius 3 is 2.89 bits per heavy atom. The van der Waals surface area contributed by atoms with Crippen LogP contribution in [-0.4, -0.2) is 11.8 Å². The molecule has 1 atom stereocenters. The molecule has 2 aromatic rings. The van der Waals surface area contributed by atoms with Crippen molar-refractivity contribution in [3.05, 3.63) is 35.1 Å². The number of hydrogen-bond acceptors (Lipinski definition) is 4. The van der Waals surface area contributed by atoms with Crippen LogP contribution in [0.4, 0.5) is 0 Å². The third-order valence-electron chi connectivity index (χ3n) is 3.51. The second-order valence-electron chi connectivity index (χ2n) is 4.99. The number of rotatable bonds is 3. The van der Waals surface area contributed by atoms with Crippen molar-refractivity contribution in [1.82, 2.24) is 0 Å². The van der Waals surface area contributed by atoms with E-state index in [1.807, 2.05) is 19.1 Å². The standard InChI is InChI=1S/C15H14O4/c1-8-7-18-14-6-11-12(5-10(8)14)15(17)19-13(11)4-3-9(2)16/h5-7,13H,3-4H2,1-2H3. The minimum absolute atomic E-state index is 0.0967. The van der Waals surface area contributed by atoms with Crippen LogP contribution in [0.3, 0.4) is 0 Å². The van der Waals surface area contributed by atoms with Crippen LogP contribution in [0.2, 0.25) is 0 Å². The van der Waals surface area contributed by atoms with Crippen molar-refractivity contribution in [2.45, 2.75) is 32.8 Å². The molecule has 1 aliphatic rings. The summed E-state index contributed by atoms with van der Waals surface area (Å²) in [6, 6.07) is 3.67. The Kier molecular flexibility index (Phi) is 2.66. The summed E-state index contributed by atoms with van der Waals surface area (Å²) >= 11 is 0. The number of Topliss-reactive ketones (excluding diaryl/α,β-unsaturated/α-hetero) is 1. The molecule has 4 nitrogen and oxygen atoms in total. The van der Waals surface area contributed by atoms with E-state index in [-0.39, 0.29) is 17.9 Å². The van der Waals surface area contributed by atoms with Crippen molar-refractivity contribution in [2.75, 3.05) is 0 Å². The first-order valence-electron chi connectivity index (χ1n) is 6.28. The van der Waals surface area contributed by atoms with Crippen LogP contribution < -0.4 is 0 Å². The number of hydrogen-bond donors (Lipinski definition) is 0. The molecule has 98 valence electrons. The van der Waals surface area contributed by atoms with Gasteiger partial charge in [-0.2, -0.15) is 0 Å². The van der Waals surface area contributed by atoms with Crippen molar-refractivity contribution >= 4 is 22.7 Å². The van der Waals surface area contributed by atoms with Gasteiger partial charge in [0.05, 0.1) is 11.8 Å². The predicted octanol–water partition coefficient (Wildman–Crippen LogP) is 3.32. The quantitative estimate of drug-likeness (QED) is 0.792. The molecule has 1 aromatic heterocycles. The normalized spacial score (nSPS) is 17.6. The van der Waals surface area contributed by atoms with Gasteiger partial charge in [-0.15, -0.1) is 0 Å². The van der Waals surface area contributed by atoms with Gasteiger partial charge in [0.15, 0.2) is 0 Å². The van der Waals surface area contributed by atoms with Gasteiger partial charge >= 0.3 is 5.97 Å². The van der Waals surface area contributed by atoms with Gasteiger partial charge in [0.2, 0.25) is 0 Å². The summed E-state index contributed by atoms with van der Waals surface area (Å²) < 4.78 is 10.8. The second kappa shape index (κ2) is 4.23. The highest BCUT2D eigenvalue weighted by Gasteiger charge is 2.32. The molecule has 3 rings (SSSR count). The van der Waals surface area contributed by atoms with Crippen molar-refractivity contribution in [2.24, 2.45) is 0 Å². The molecule has 0 saturated heterocycles. The van der Waals surface area contributed by atoms with Crippen LogP contribution in [0.1, 0.15) is 47.4 Å². The molecule has 0 bridgehead atoms. The summed E-state index contributed by atoms with van der Waals surface area (Å²) in [6.07, 6.45) is 2.28. The number of fused-ring (bicyclic) bond motifs is 2. The number of esters is 1. The maximum atomic E-state index is 11.9. The van der Waals surface area contributed by atoms with E-state index in [0.29, 0.717) is 18.4 Å². The first kappa shape index (κ1) is 12.0. The third kappa shape index (κ3) is 1.93. The van der Waals surface area contributed by atoms with Crippen molar-refractivity contribution in [3.63, 3.8) is 0 Å². The molecule has 0 fully saturated rings. The number of furan rings is 1. The van der Waals surface area contributed by atoms with Gasteiger partial charge in [0, 0.05) is 17.4 Å². The van der Waals surface area contributed by atoms with Crippen molar-refractivity contribution in [3.8, 4) is 0 Å². The fourth-order valence-corrected chi connectivity index (χ4v) is 2.46. The molecular weight excluding hydrogens is 244 g/mol. The zero-order chi connectivity index (χ0) is 13.6. The molecule has 2 heterocycles. The fraction of sp³-hybridized carbons (Fsp3) is 0.333. The Bertz CT molecular complexity index is 681. The largest absolute Gasteiger partial charge is 0.464 e. The van der Waals surface area contributed by atoms with E-state index in [1.165, 1.54) is 6.92 Å². The summed E-state index contributed by atoms with van der Waals surface area (Å²) in [4.78, 5) is 22.9. The number of ether oxygens (including phenoxy) is 1. The van der Waals surface area contributed by atoms with Gasteiger partial charge in [-0.1, -0.05) is 0 Å². The Morgan fingerprint density at radius 1 is 1.37 bits per heavy atom. The molecule has 0 spiro atoms. The van der Waals surface area contributed by atoms with Crippen LogP contribution in [0.15, 0.2) is 22.8 Å². The van der Waals surface area contributed by atoms with Gasteiger partial charge in [0.1, 0.15) is 17.5 Å². The summed E-state index contributed by atoms with van der Waals surface area (Å²) in [6.45, 7) is 3.47. The molecule has 1 aliphatic heterocycles. The molecular formula is C15H14O4. The zero-order valence-corrected chi connectivity index (χ0v) is 10.9. The van der Waals surface area contributed by atoms with Crippen molar-refractivity contribution < 1.29 is 18.7 Å². The molecule has 0 N–H and O–H groups in total. The molecule has 0 aliphatic carbocycles. The summed E-state index contributed by atoms with van der Waals surface area (Å²) in [5, 5.41) is 0.933. The summed E-state index contributed by atoms with van der Waals surface area (Å²) in [5.41, 5.74) is 3.17. The second-order valence-corrected chi connectivity index (χ2v) is 4.99. The van der Waals surface area contributed by atoms with E-state index < -0.39 is 0 Å². The lowest BCUT2D eigenvalue weighted by atomic mass is 9.99. The monoisotopic (exact) mass is 258 g/mol. The molecule has 1 aromatic carbocycles. The summed E-state index contributed by atoms with van der Waals surface area (Å²) in [5.74, 6) is -0.217. The predicted molar refractivity (Wildman–Crippen MR) is 69.0 cm³/mol. The number of benzene rings is 1. The average molecular weight is 258 g/mol. The molecule has 19 heavy (non-hydrogen) atoms. The van der Waals surface area contributed by atoms with Gasteiger partial charge in [-0.3, -0.25) is 0 Å². The van der Waals surface area contributed by atoms with Crippen LogP contribution in [-0.2, 0) is 9.53 Å². The Labute approximate surface area is 110 Å². The Morgan fingerprint density at radius 2 is 2.16 bits per heavy atom. The smallest absolute Gasteiger partial charge is 0.339 e. The highest BCUT2D eigenvalue weighted by atomic mass is 16.5. The van der Waals surface area contributed by atoms with E-state index in [4.69, 9.17) is 9.15 Å². The first-order valence-corrected chi connectivity index (χ1v) is 6.28. The topological polar surface area (TPSA) is 56.5 Å². The maximum absolute atomic E-state index is 11.9. The molecule has 0 saturated carbocycles. The van der Waals surface area contributed by atoms with Crippen LogP contribution in [0.25, 0.3) is 11.0 Å². The van der Waals surface area contributed by atoms with Gasteiger partial charge in [-0.25, -0.2) is 4.79 Å². The highest BCUT2D eigenvalue weighted by Crippen LogP contribution is 2.37. The van der Waals surface area contributed by atoms with Crippen LogP contribution in [0, 0.1) is 6.92 Å². The average Bonchev–Trinajstić information content (AvgIpc) is 2.88. The number of ketones is 1. The number of carbonyl (C=O) groups excluding carboxylic acids is 2. The lowest BCUT2D eigenvalue weighted by molar-refractivity contribution is -0.117. The van der Waals surface area contributed by atoms with Crippen LogP contribution in [0.5, 0.6) is 0 Å². The lowest BCUT2D eigenvalue weighted by Gasteiger charge is -2.08. The van der Waals surface area contributed by atoms with E-state index >= 15 is 0 Å². The SMILES string of the molecule is CC(=O)CCC1OC(=O)c2cc3c(C)coc3cc21. The van der Waals surface area contributed by atoms with Gasteiger partial charge < -0.3 is 13.9 Å². The molecule has 0 radical (unpaired) electrons. The Hall–Kier alpha value is -2.10. The van der Waals surface area contributed by atoms with Crippen LogP contribution >= 0.6 is 0 Å². The zero-order valence-electron chi connectivity index (χ0n) is 10.9. The van der Waals surface area contributed by atoms with E-state index in [9.17, 15) is 9.59 Å². The van der Waals surface area contributed by atoms with E-state index in [1.54, 1.807) is 6.26 Å². The minimum Gasteiger partial charge on any atom is -0.464 e. The number of cyclic esters (lactones) is 1. The third-order valence-corrected chi connectivity index (χ3v) is 3.51. The molecule has 0 amide bonds.